The van der Waals surface area contributed by atoms with E-state index in [-0.39, 0.29) is 5.91 Å². The summed E-state index contributed by atoms with van der Waals surface area (Å²) in [5.74, 6) is 0.852. The van der Waals surface area contributed by atoms with Crippen LogP contribution in [0.15, 0.2) is 18.2 Å². The summed E-state index contributed by atoms with van der Waals surface area (Å²) in [7, 11) is 0. The maximum atomic E-state index is 12.1. The average Bonchev–Trinajstić information content (AvgIpc) is 3.31. The fraction of sp³-hybridized carbons (Fsp3) is 0.588. The SMILES string of the molecule is Cc1ccc(OCC(NC2CC2)(C(N)=O)C2CC2)cc1C. The number of primary amides is 1. The molecule has 2 aliphatic carbocycles. The molecule has 1 aromatic carbocycles. The monoisotopic (exact) mass is 288 g/mol. The highest BCUT2D eigenvalue weighted by molar-refractivity contribution is 5.86. The van der Waals surface area contributed by atoms with Crippen LogP contribution in [0.3, 0.4) is 0 Å². The van der Waals surface area contributed by atoms with Crippen LogP contribution in [0.5, 0.6) is 5.75 Å². The maximum Gasteiger partial charge on any atom is 0.241 e. The molecule has 21 heavy (non-hydrogen) atoms. The minimum atomic E-state index is -0.694. The number of carbonyl (C=O) groups excluding carboxylic acids is 1. The van der Waals surface area contributed by atoms with E-state index in [4.69, 9.17) is 10.5 Å². The summed E-state index contributed by atoms with van der Waals surface area (Å²) in [6, 6.07) is 6.45. The lowest BCUT2D eigenvalue weighted by atomic mass is 9.93. The van der Waals surface area contributed by atoms with E-state index in [1.165, 1.54) is 11.1 Å². The zero-order valence-electron chi connectivity index (χ0n) is 12.8. The summed E-state index contributed by atoms with van der Waals surface area (Å²) in [6.07, 6.45) is 4.37. The van der Waals surface area contributed by atoms with Gasteiger partial charge in [-0.05, 0) is 68.7 Å². The van der Waals surface area contributed by atoms with Gasteiger partial charge in [-0.15, -0.1) is 0 Å². The second-order valence-electron chi connectivity index (χ2n) is 6.56. The number of ether oxygens (including phenoxy) is 1. The molecule has 0 radical (unpaired) electrons. The molecule has 1 amide bonds. The third-order valence-corrected chi connectivity index (χ3v) is 4.70. The topological polar surface area (TPSA) is 64.3 Å². The Hall–Kier alpha value is -1.55. The fourth-order valence-electron chi connectivity index (χ4n) is 2.79. The molecule has 2 aliphatic rings. The van der Waals surface area contributed by atoms with Gasteiger partial charge in [0.15, 0.2) is 0 Å². The fourth-order valence-corrected chi connectivity index (χ4v) is 2.79. The number of benzene rings is 1. The molecule has 2 saturated carbocycles. The van der Waals surface area contributed by atoms with E-state index >= 15 is 0 Å². The second-order valence-corrected chi connectivity index (χ2v) is 6.56. The molecule has 3 N–H and O–H groups in total. The Morgan fingerprint density at radius 2 is 2.00 bits per heavy atom. The van der Waals surface area contributed by atoms with Crippen molar-refractivity contribution < 1.29 is 9.53 Å². The third-order valence-electron chi connectivity index (χ3n) is 4.70. The highest BCUT2D eigenvalue weighted by Crippen LogP contribution is 2.42. The highest BCUT2D eigenvalue weighted by Gasteiger charge is 2.52. The van der Waals surface area contributed by atoms with Gasteiger partial charge < -0.3 is 10.5 Å². The zero-order valence-corrected chi connectivity index (χ0v) is 12.8. The van der Waals surface area contributed by atoms with Crippen LogP contribution in [0.2, 0.25) is 0 Å². The molecule has 0 saturated heterocycles. The minimum Gasteiger partial charge on any atom is -0.491 e. The first kappa shape index (κ1) is 14.4. The molecule has 114 valence electrons. The quantitative estimate of drug-likeness (QED) is 0.807. The number of hydrogen-bond acceptors (Lipinski definition) is 3. The first-order chi connectivity index (χ1) is 10.0. The van der Waals surface area contributed by atoms with Gasteiger partial charge in [0.1, 0.15) is 17.9 Å². The summed E-state index contributed by atoms with van der Waals surface area (Å²) in [5.41, 5.74) is 7.46. The van der Waals surface area contributed by atoms with E-state index in [0.717, 1.165) is 31.4 Å². The van der Waals surface area contributed by atoms with E-state index in [2.05, 4.69) is 19.2 Å². The van der Waals surface area contributed by atoms with Gasteiger partial charge in [-0.3, -0.25) is 10.1 Å². The molecule has 2 fully saturated rings. The van der Waals surface area contributed by atoms with Gasteiger partial charge in [0, 0.05) is 6.04 Å². The van der Waals surface area contributed by atoms with Crippen molar-refractivity contribution in [2.24, 2.45) is 11.7 Å². The molecule has 0 spiro atoms. The predicted octanol–water partition coefficient (Wildman–Crippen LogP) is 2.07. The number of rotatable bonds is 7. The van der Waals surface area contributed by atoms with E-state index < -0.39 is 5.54 Å². The van der Waals surface area contributed by atoms with Crippen molar-refractivity contribution >= 4 is 5.91 Å². The minimum absolute atomic E-state index is 0.277. The first-order valence-corrected chi connectivity index (χ1v) is 7.79. The average molecular weight is 288 g/mol. The van der Waals surface area contributed by atoms with Crippen LogP contribution in [-0.2, 0) is 4.79 Å². The van der Waals surface area contributed by atoms with Crippen LogP contribution in [-0.4, -0.2) is 24.1 Å². The molecule has 4 heteroatoms. The Balaban J connectivity index is 1.74. The Morgan fingerprint density at radius 1 is 1.29 bits per heavy atom. The molecule has 4 nitrogen and oxygen atoms in total. The maximum absolute atomic E-state index is 12.1. The van der Waals surface area contributed by atoms with E-state index in [1.54, 1.807) is 0 Å². The molecular weight excluding hydrogens is 264 g/mol. The summed E-state index contributed by atoms with van der Waals surface area (Å²) in [4.78, 5) is 12.1. The summed E-state index contributed by atoms with van der Waals surface area (Å²) >= 11 is 0. The summed E-state index contributed by atoms with van der Waals surface area (Å²) in [5, 5.41) is 3.46. The van der Waals surface area contributed by atoms with Gasteiger partial charge in [-0.1, -0.05) is 6.07 Å². The van der Waals surface area contributed by atoms with E-state index in [9.17, 15) is 4.79 Å². The number of nitrogens with one attached hydrogen (secondary N) is 1. The van der Waals surface area contributed by atoms with Crippen LogP contribution < -0.4 is 15.8 Å². The van der Waals surface area contributed by atoms with Gasteiger partial charge in [0.2, 0.25) is 5.91 Å². The molecular formula is C17H24N2O2. The van der Waals surface area contributed by atoms with Gasteiger partial charge in [-0.25, -0.2) is 0 Å². The molecule has 1 atom stereocenters. The number of hydrogen-bond donors (Lipinski definition) is 2. The number of nitrogens with two attached hydrogens (primary N) is 1. The largest absolute Gasteiger partial charge is 0.491 e. The van der Waals surface area contributed by atoms with Crippen molar-refractivity contribution in [2.45, 2.75) is 51.1 Å². The highest BCUT2D eigenvalue weighted by atomic mass is 16.5. The van der Waals surface area contributed by atoms with Gasteiger partial charge >= 0.3 is 0 Å². The van der Waals surface area contributed by atoms with Crippen molar-refractivity contribution in [1.29, 1.82) is 0 Å². The van der Waals surface area contributed by atoms with Crippen LogP contribution in [0.1, 0.15) is 36.8 Å². The smallest absolute Gasteiger partial charge is 0.241 e. The lowest BCUT2D eigenvalue weighted by molar-refractivity contribution is -0.126. The van der Waals surface area contributed by atoms with E-state index in [0.29, 0.717) is 18.6 Å². The van der Waals surface area contributed by atoms with Gasteiger partial charge in [-0.2, -0.15) is 0 Å². The zero-order chi connectivity index (χ0) is 15.0. The first-order valence-electron chi connectivity index (χ1n) is 7.79. The van der Waals surface area contributed by atoms with Crippen LogP contribution >= 0.6 is 0 Å². The summed E-state index contributed by atoms with van der Waals surface area (Å²) in [6.45, 7) is 4.46. The Kier molecular flexibility index (Phi) is 3.66. The lowest BCUT2D eigenvalue weighted by Crippen LogP contribution is -2.61. The number of aryl methyl sites for hydroxylation is 2. The molecule has 0 bridgehead atoms. The molecule has 0 aromatic heterocycles. The van der Waals surface area contributed by atoms with Crippen LogP contribution in [0.4, 0.5) is 0 Å². The molecule has 1 unspecified atom stereocenters. The molecule has 0 aliphatic heterocycles. The molecule has 1 aromatic rings. The van der Waals surface area contributed by atoms with Crippen molar-refractivity contribution in [3.05, 3.63) is 29.3 Å². The van der Waals surface area contributed by atoms with Gasteiger partial charge in [0.05, 0.1) is 0 Å². The predicted molar refractivity (Wildman–Crippen MR) is 82.2 cm³/mol. The van der Waals surface area contributed by atoms with Crippen molar-refractivity contribution in [3.63, 3.8) is 0 Å². The normalized spacial score (nSPS) is 20.9. The third kappa shape index (κ3) is 3.05. The van der Waals surface area contributed by atoms with Crippen molar-refractivity contribution in [1.82, 2.24) is 5.32 Å². The Labute approximate surface area is 126 Å². The Morgan fingerprint density at radius 3 is 2.52 bits per heavy atom. The number of carbonyl (C=O) groups is 1. The summed E-state index contributed by atoms with van der Waals surface area (Å²) < 4.78 is 5.94. The van der Waals surface area contributed by atoms with E-state index in [1.807, 2.05) is 18.2 Å². The molecule has 3 rings (SSSR count). The van der Waals surface area contributed by atoms with Crippen LogP contribution in [0, 0.1) is 19.8 Å². The standard InChI is InChI=1S/C17H24N2O2/c1-11-3-8-15(9-12(11)2)21-10-17(16(18)20,13-4-5-13)19-14-6-7-14/h3,8-9,13-14,19H,4-7,10H2,1-2H3,(H2,18,20). The van der Waals surface area contributed by atoms with Crippen LogP contribution in [0.25, 0.3) is 0 Å². The van der Waals surface area contributed by atoms with Crippen molar-refractivity contribution in [2.75, 3.05) is 6.61 Å². The van der Waals surface area contributed by atoms with Crippen molar-refractivity contribution in [3.8, 4) is 5.75 Å². The Bertz CT molecular complexity index is 550. The number of amides is 1. The lowest BCUT2D eigenvalue weighted by Gasteiger charge is -2.32. The molecule has 0 heterocycles. The second kappa shape index (κ2) is 5.34. The van der Waals surface area contributed by atoms with Gasteiger partial charge in [0.25, 0.3) is 0 Å².